The molecule has 1 aromatic carbocycles. The minimum Gasteiger partial charge on any atom is -0.434 e. The molecule has 94 valence electrons. The van der Waals surface area contributed by atoms with E-state index in [2.05, 4.69) is 14.7 Å². The van der Waals surface area contributed by atoms with Crippen LogP contribution in [0, 0.1) is 0 Å². The van der Waals surface area contributed by atoms with Crippen LogP contribution in [0.15, 0.2) is 36.8 Å². The number of alkyl halides is 2. The van der Waals surface area contributed by atoms with Crippen LogP contribution in [0.1, 0.15) is 0 Å². The molecule has 0 aliphatic rings. The van der Waals surface area contributed by atoms with E-state index in [-0.39, 0.29) is 22.4 Å². The first-order chi connectivity index (χ1) is 8.66. The van der Waals surface area contributed by atoms with Crippen molar-refractivity contribution in [2.24, 2.45) is 0 Å². The molecule has 1 aromatic heterocycles. The second kappa shape index (κ2) is 5.59. The van der Waals surface area contributed by atoms with Gasteiger partial charge in [0.05, 0.1) is 6.20 Å². The van der Waals surface area contributed by atoms with Crippen molar-refractivity contribution in [1.82, 2.24) is 9.97 Å². The molecule has 1 heterocycles. The van der Waals surface area contributed by atoms with Crippen molar-refractivity contribution < 1.29 is 18.3 Å². The molecule has 0 saturated carbocycles. The van der Waals surface area contributed by atoms with Crippen LogP contribution in [0.4, 0.5) is 8.78 Å². The Balaban J connectivity index is 2.26. The number of para-hydroxylation sites is 2. The van der Waals surface area contributed by atoms with Gasteiger partial charge in [0, 0.05) is 0 Å². The molecule has 4 nitrogen and oxygen atoms in total. The Morgan fingerprint density at radius 3 is 2.56 bits per heavy atom. The lowest BCUT2D eigenvalue weighted by atomic mass is 10.3. The third-order valence-electron chi connectivity index (χ3n) is 1.91. The zero-order chi connectivity index (χ0) is 13.0. The summed E-state index contributed by atoms with van der Waals surface area (Å²) in [6, 6.07) is 5.99. The molecule has 0 unspecified atom stereocenters. The van der Waals surface area contributed by atoms with Gasteiger partial charge in [0.1, 0.15) is 11.3 Å². The highest BCUT2D eigenvalue weighted by atomic mass is 35.5. The van der Waals surface area contributed by atoms with Crippen LogP contribution in [-0.2, 0) is 0 Å². The van der Waals surface area contributed by atoms with E-state index < -0.39 is 6.61 Å². The first-order valence-corrected chi connectivity index (χ1v) is 5.22. The number of aromatic nitrogens is 2. The highest BCUT2D eigenvalue weighted by molar-refractivity contribution is 6.31. The molecule has 0 radical (unpaired) electrons. The number of nitrogens with zero attached hydrogens (tertiary/aromatic N) is 2. The molecule has 0 N–H and O–H groups in total. The lowest BCUT2D eigenvalue weighted by Gasteiger charge is -2.11. The maximum atomic E-state index is 12.2. The zero-order valence-corrected chi connectivity index (χ0v) is 9.64. The van der Waals surface area contributed by atoms with Crippen LogP contribution < -0.4 is 9.47 Å². The van der Waals surface area contributed by atoms with Crippen LogP contribution in [0.5, 0.6) is 17.4 Å². The molecule has 2 aromatic rings. The van der Waals surface area contributed by atoms with Gasteiger partial charge in [0.25, 0.3) is 0 Å². The Bertz CT molecular complexity index is 540. The average Bonchev–Trinajstić information content (AvgIpc) is 2.34. The van der Waals surface area contributed by atoms with Crippen molar-refractivity contribution in [1.29, 1.82) is 0 Å². The molecule has 18 heavy (non-hydrogen) atoms. The van der Waals surface area contributed by atoms with Crippen molar-refractivity contribution in [3.05, 3.63) is 41.8 Å². The Hall–Kier alpha value is -1.95. The van der Waals surface area contributed by atoms with Crippen molar-refractivity contribution in [3.8, 4) is 17.4 Å². The van der Waals surface area contributed by atoms with Crippen LogP contribution >= 0.6 is 11.6 Å². The van der Waals surface area contributed by atoms with Gasteiger partial charge in [-0.25, -0.2) is 9.97 Å². The SMILES string of the molecule is FC(F)Oc1ccccc1Oc1ncncc1Cl. The second-order valence-corrected chi connectivity index (χ2v) is 3.51. The third-order valence-corrected chi connectivity index (χ3v) is 2.16. The number of rotatable bonds is 4. The fourth-order valence-electron chi connectivity index (χ4n) is 1.21. The van der Waals surface area contributed by atoms with E-state index in [1.165, 1.54) is 24.7 Å². The van der Waals surface area contributed by atoms with Gasteiger partial charge in [0.15, 0.2) is 11.5 Å². The molecular formula is C11H7ClF2N2O2. The van der Waals surface area contributed by atoms with Gasteiger partial charge in [-0.3, -0.25) is 0 Å². The minimum atomic E-state index is -2.93. The normalized spacial score (nSPS) is 10.4. The summed E-state index contributed by atoms with van der Waals surface area (Å²) in [6.45, 7) is -2.93. The summed E-state index contributed by atoms with van der Waals surface area (Å²) in [7, 11) is 0. The van der Waals surface area contributed by atoms with Gasteiger partial charge in [-0.05, 0) is 12.1 Å². The smallest absolute Gasteiger partial charge is 0.387 e. The van der Waals surface area contributed by atoms with E-state index in [9.17, 15) is 8.78 Å². The molecule has 0 aliphatic carbocycles. The lowest BCUT2D eigenvalue weighted by molar-refractivity contribution is -0.0510. The predicted molar refractivity (Wildman–Crippen MR) is 60.2 cm³/mol. The lowest BCUT2D eigenvalue weighted by Crippen LogP contribution is -2.03. The largest absolute Gasteiger partial charge is 0.434 e. The number of hydrogen-bond acceptors (Lipinski definition) is 4. The van der Waals surface area contributed by atoms with Crippen molar-refractivity contribution >= 4 is 11.6 Å². The van der Waals surface area contributed by atoms with E-state index in [1.54, 1.807) is 12.1 Å². The van der Waals surface area contributed by atoms with E-state index >= 15 is 0 Å². The van der Waals surface area contributed by atoms with Gasteiger partial charge in [0.2, 0.25) is 5.88 Å². The highest BCUT2D eigenvalue weighted by Gasteiger charge is 2.12. The first kappa shape index (κ1) is 12.5. The highest BCUT2D eigenvalue weighted by Crippen LogP contribution is 2.33. The van der Waals surface area contributed by atoms with Gasteiger partial charge < -0.3 is 9.47 Å². The molecule has 0 bridgehead atoms. The van der Waals surface area contributed by atoms with Crippen LogP contribution in [0.2, 0.25) is 5.02 Å². The molecule has 2 rings (SSSR count). The molecular weight excluding hydrogens is 266 g/mol. The summed E-state index contributed by atoms with van der Waals surface area (Å²) in [5.41, 5.74) is 0. The van der Waals surface area contributed by atoms with Gasteiger partial charge >= 0.3 is 6.61 Å². The second-order valence-electron chi connectivity index (χ2n) is 3.10. The van der Waals surface area contributed by atoms with Crippen molar-refractivity contribution in [3.63, 3.8) is 0 Å². The summed E-state index contributed by atoms with van der Waals surface area (Å²) in [5, 5.41) is 0.171. The zero-order valence-electron chi connectivity index (χ0n) is 8.89. The summed E-state index contributed by atoms with van der Waals surface area (Å²) < 4.78 is 34.0. The molecule has 0 aliphatic heterocycles. The number of ether oxygens (including phenoxy) is 2. The topological polar surface area (TPSA) is 44.2 Å². The number of halogens is 3. The molecule has 0 spiro atoms. The molecule has 0 atom stereocenters. The van der Waals surface area contributed by atoms with Gasteiger partial charge in [-0.2, -0.15) is 8.78 Å². The van der Waals surface area contributed by atoms with Crippen LogP contribution in [0.25, 0.3) is 0 Å². The molecule has 0 saturated heterocycles. The maximum absolute atomic E-state index is 12.2. The minimum absolute atomic E-state index is 0.0667. The average molecular weight is 273 g/mol. The van der Waals surface area contributed by atoms with E-state index in [0.29, 0.717) is 0 Å². The standard InChI is InChI=1S/C11H7ClF2N2O2/c12-7-5-15-6-16-10(7)17-8-3-1-2-4-9(8)18-11(13)14/h1-6,11H. The fraction of sp³-hybridized carbons (Fsp3) is 0.0909. The van der Waals surface area contributed by atoms with Gasteiger partial charge in [-0.1, -0.05) is 23.7 Å². The quantitative estimate of drug-likeness (QED) is 0.854. The molecule has 0 fully saturated rings. The summed E-state index contributed by atoms with van der Waals surface area (Å²) in [5.74, 6) is 0.0672. The maximum Gasteiger partial charge on any atom is 0.387 e. The summed E-state index contributed by atoms with van der Waals surface area (Å²) >= 11 is 5.79. The molecule has 0 amide bonds. The Morgan fingerprint density at radius 1 is 1.17 bits per heavy atom. The molecule has 7 heteroatoms. The third kappa shape index (κ3) is 3.04. The van der Waals surface area contributed by atoms with Crippen LogP contribution in [-0.4, -0.2) is 16.6 Å². The van der Waals surface area contributed by atoms with E-state index in [0.717, 1.165) is 0 Å². The summed E-state index contributed by atoms with van der Waals surface area (Å²) in [4.78, 5) is 7.47. The van der Waals surface area contributed by atoms with Gasteiger partial charge in [-0.15, -0.1) is 0 Å². The Morgan fingerprint density at radius 2 is 1.89 bits per heavy atom. The number of benzene rings is 1. The van der Waals surface area contributed by atoms with E-state index in [1.807, 2.05) is 0 Å². The number of hydrogen-bond donors (Lipinski definition) is 0. The fourth-order valence-corrected chi connectivity index (χ4v) is 1.35. The summed E-state index contributed by atoms with van der Waals surface area (Å²) in [6.07, 6.45) is 2.57. The monoisotopic (exact) mass is 272 g/mol. The van der Waals surface area contributed by atoms with Crippen LogP contribution in [0.3, 0.4) is 0 Å². The van der Waals surface area contributed by atoms with E-state index in [4.69, 9.17) is 16.3 Å². The first-order valence-electron chi connectivity index (χ1n) is 4.84. The Labute approximate surface area is 106 Å². The van der Waals surface area contributed by atoms with Crippen molar-refractivity contribution in [2.45, 2.75) is 6.61 Å². The van der Waals surface area contributed by atoms with Crippen molar-refractivity contribution in [2.75, 3.05) is 0 Å². The predicted octanol–water partition coefficient (Wildman–Crippen LogP) is 3.52. The Kier molecular flexibility index (Phi) is 3.88.